The van der Waals surface area contributed by atoms with E-state index in [9.17, 15) is 0 Å². The van der Waals surface area contributed by atoms with Gasteiger partial charge in [0.1, 0.15) is 0 Å². The molecular formula is C10H17N3. The summed E-state index contributed by atoms with van der Waals surface area (Å²) in [5.74, 6) is 8.00. The van der Waals surface area contributed by atoms with Crippen LogP contribution in [0.2, 0.25) is 0 Å². The third-order valence-electron chi connectivity index (χ3n) is 1.39. The summed E-state index contributed by atoms with van der Waals surface area (Å²) in [7, 11) is 0. The van der Waals surface area contributed by atoms with Crippen molar-refractivity contribution in [1.29, 1.82) is 0 Å². The van der Waals surface area contributed by atoms with Gasteiger partial charge in [0.05, 0.1) is 0 Å². The van der Waals surface area contributed by atoms with Gasteiger partial charge in [-0.3, -0.25) is 11.7 Å². The maximum absolute atomic E-state index is 5.54. The minimum Gasteiger partial charge on any atom is -0.399 e. The molecule has 3 heteroatoms. The van der Waals surface area contributed by atoms with Crippen LogP contribution in [-0.4, -0.2) is 0 Å². The fourth-order valence-electron chi connectivity index (χ4n) is 0.926. The summed E-state index contributed by atoms with van der Waals surface area (Å²) in [4.78, 5) is 0. The van der Waals surface area contributed by atoms with E-state index in [4.69, 9.17) is 5.73 Å². The monoisotopic (exact) mass is 179 g/mol. The highest BCUT2D eigenvalue weighted by molar-refractivity contribution is 5.55. The molecule has 13 heavy (non-hydrogen) atoms. The van der Waals surface area contributed by atoms with E-state index in [0.29, 0.717) is 0 Å². The van der Waals surface area contributed by atoms with Gasteiger partial charge in [-0.2, -0.15) is 0 Å². The lowest BCUT2D eigenvalue weighted by atomic mass is 10.1. The highest BCUT2D eigenvalue weighted by Gasteiger charge is 1.86. The van der Waals surface area contributed by atoms with Crippen molar-refractivity contribution >= 4 is 11.8 Å². The number of nitrogen functional groups attached to an aromatic ring is 1. The van der Waals surface area contributed by atoms with Gasteiger partial charge in [0.25, 0.3) is 0 Å². The van der Waals surface area contributed by atoms with Gasteiger partial charge in [0.2, 0.25) is 0 Å². The van der Waals surface area contributed by atoms with E-state index in [0.717, 1.165) is 5.69 Å². The normalized spacial score (nSPS) is 8.31. The van der Waals surface area contributed by atoms with Crippen LogP contribution >= 0.6 is 0 Å². The maximum Gasteiger partial charge on any atom is 0.0314 e. The molecule has 0 radical (unpaired) electrons. The Hall–Kier alpha value is -1.32. The van der Waals surface area contributed by atoms with Crippen LogP contribution in [0.1, 0.15) is 19.4 Å². The zero-order valence-electron chi connectivity index (χ0n) is 8.12. The third-order valence-corrected chi connectivity index (χ3v) is 1.39. The summed E-state index contributed by atoms with van der Waals surface area (Å²) in [5, 5.41) is 0. The quantitative estimate of drug-likeness (QED) is 0.347. The topological polar surface area (TPSA) is 78.1 Å². The van der Waals surface area contributed by atoms with Crippen molar-refractivity contribution in [3.8, 4) is 0 Å². The molecule has 0 amide bonds. The summed E-state index contributed by atoms with van der Waals surface area (Å²) in [5.41, 5.74) is 8.86. The summed E-state index contributed by atoms with van der Waals surface area (Å²) in [6.45, 7) is 4.16. The van der Waals surface area contributed by atoms with Crippen LogP contribution in [0.4, 0.5) is 5.69 Å². The Morgan fingerprint density at radius 2 is 1.54 bits per heavy atom. The Bertz CT molecular complexity index is 258. The van der Waals surface area contributed by atoms with Crippen molar-refractivity contribution in [1.82, 2.24) is 0 Å². The van der Waals surface area contributed by atoms with Crippen molar-refractivity contribution in [3.63, 3.8) is 0 Å². The molecule has 6 N–H and O–H groups in total. The molecule has 1 aromatic rings. The lowest BCUT2D eigenvalue weighted by Crippen LogP contribution is -2.02. The van der Waals surface area contributed by atoms with E-state index < -0.39 is 0 Å². The lowest BCUT2D eigenvalue weighted by Gasteiger charge is -1.95. The summed E-state index contributed by atoms with van der Waals surface area (Å²) in [6, 6.07) is 7.86. The van der Waals surface area contributed by atoms with Gasteiger partial charge in [0.15, 0.2) is 0 Å². The number of hydrazine groups is 1. The SMILES string of the molecule is CC(C)=Cc1ccc(N)cc1.NN. The van der Waals surface area contributed by atoms with Crippen molar-refractivity contribution in [2.75, 3.05) is 5.73 Å². The molecule has 0 fully saturated rings. The molecule has 0 unspecified atom stereocenters. The molecular weight excluding hydrogens is 162 g/mol. The van der Waals surface area contributed by atoms with E-state index in [1.807, 2.05) is 24.3 Å². The molecule has 0 aliphatic carbocycles. The number of allylic oxidation sites excluding steroid dienone is 1. The van der Waals surface area contributed by atoms with Gasteiger partial charge in [-0.1, -0.05) is 23.8 Å². The Morgan fingerprint density at radius 3 is 1.92 bits per heavy atom. The van der Waals surface area contributed by atoms with Crippen molar-refractivity contribution in [2.24, 2.45) is 11.7 Å². The highest BCUT2D eigenvalue weighted by Crippen LogP contribution is 2.08. The average Bonchev–Trinajstić information content (AvgIpc) is 2.12. The minimum atomic E-state index is 0.816. The van der Waals surface area contributed by atoms with Gasteiger partial charge in [-0.25, -0.2) is 0 Å². The second-order valence-electron chi connectivity index (χ2n) is 2.89. The van der Waals surface area contributed by atoms with E-state index in [1.54, 1.807) is 0 Å². The predicted molar refractivity (Wildman–Crippen MR) is 58.6 cm³/mol. The van der Waals surface area contributed by atoms with E-state index in [1.165, 1.54) is 11.1 Å². The smallest absolute Gasteiger partial charge is 0.0314 e. The molecule has 0 saturated carbocycles. The number of nitrogens with two attached hydrogens (primary N) is 3. The van der Waals surface area contributed by atoms with Crippen LogP contribution in [0.5, 0.6) is 0 Å². The van der Waals surface area contributed by atoms with E-state index >= 15 is 0 Å². The molecule has 0 aliphatic heterocycles. The molecule has 1 aromatic carbocycles. The number of rotatable bonds is 1. The highest BCUT2D eigenvalue weighted by atomic mass is 15.0. The Labute approximate surface area is 79.2 Å². The zero-order chi connectivity index (χ0) is 10.3. The van der Waals surface area contributed by atoms with Gasteiger partial charge >= 0.3 is 0 Å². The van der Waals surface area contributed by atoms with Crippen LogP contribution in [0.25, 0.3) is 6.08 Å². The molecule has 0 atom stereocenters. The summed E-state index contributed by atoms with van der Waals surface area (Å²) >= 11 is 0. The molecule has 1 rings (SSSR count). The van der Waals surface area contributed by atoms with Gasteiger partial charge in [0, 0.05) is 5.69 Å². The largest absolute Gasteiger partial charge is 0.399 e. The molecule has 0 bridgehead atoms. The molecule has 0 aliphatic rings. The number of anilines is 1. The molecule has 0 heterocycles. The summed E-state index contributed by atoms with van der Waals surface area (Å²) in [6.07, 6.45) is 2.12. The summed E-state index contributed by atoms with van der Waals surface area (Å²) < 4.78 is 0. The third kappa shape index (κ3) is 5.00. The zero-order valence-corrected chi connectivity index (χ0v) is 8.12. The first-order valence-electron chi connectivity index (χ1n) is 4.02. The van der Waals surface area contributed by atoms with Crippen molar-refractivity contribution in [2.45, 2.75) is 13.8 Å². The van der Waals surface area contributed by atoms with Crippen molar-refractivity contribution < 1.29 is 0 Å². The van der Waals surface area contributed by atoms with Crippen LogP contribution in [0, 0.1) is 0 Å². The predicted octanol–water partition coefficient (Wildman–Crippen LogP) is 1.51. The first kappa shape index (κ1) is 11.7. The standard InChI is InChI=1S/C10H13N.H4N2/c1-8(2)7-9-3-5-10(11)6-4-9;1-2/h3-7H,11H2,1-2H3;1-2H2. The Morgan fingerprint density at radius 1 is 1.08 bits per heavy atom. The second kappa shape index (κ2) is 6.22. The molecule has 3 nitrogen and oxygen atoms in total. The van der Waals surface area contributed by atoms with Gasteiger partial charge in [-0.15, -0.1) is 0 Å². The fourth-order valence-corrected chi connectivity index (χ4v) is 0.926. The minimum absolute atomic E-state index is 0.816. The maximum atomic E-state index is 5.54. The van der Waals surface area contributed by atoms with Gasteiger partial charge in [-0.05, 0) is 31.5 Å². The van der Waals surface area contributed by atoms with Gasteiger partial charge < -0.3 is 5.73 Å². The average molecular weight is 179 g/mol. The van der Waals surface area contributed by atoms with Crippen LogP contribution in [0.3, 0.4) is 0 Å². The lowest BCUT2D eigenvalue weighted by molar-refractivity contribution is 1.26. The van der Waals surface area contributed by atoms with Crippen LogP contribution in [-0.2, 0) is 0 Å². The number of hydrogen-bond donors (Lipinski definition) is 3. The van der Waals surface area contributed by atoms with E-state index in [2.05, 4.69) is 31.6 Å². The molecule has 0 spiro atoms. The van der Waals surface area contributed by atoms with E-state index in [-0.39, 0.29) is 0 Å². The molecule has 0 aromatic heterocycles. The number of hydrogen-bond acceptors (Lipinski definition) is 3. The Balaban J connectivity index is 0.000000671. The van der Waals surface area contributed by atoms with Crippen LogP contribution in [0.15, 0.2) is 29.8 Å². The fraction of sp³-hybridized carbons (Fsp3) is 0.200. The second-order valence-corrected chi connectivity index (χ2v) is 2.89. The number of benzene rings is 1. The Kier molecular flexibility index (Phi) is 5.59. The first-order valence-corrected chi connectivity index (χ1v) is 4.02. The van der Waals surface area contributed by atoms with Crippen LogP contribution < -0.4 is 17.4 Å². The van der Waals surface area contributed by atoms with Crippen molar-refractivity contribution in [3.05, 3.63) is 35.4 Å². The molecule has 72 valence electrons. The first-order chi connectivity index (χ1) is 6.18. The molecule has 0 saturated heterocycles.